The Morgan fingerprint density at radius 1 is 1.27 bits per heavy atom. The van der Waals surface area contributed by atoms with Crippen LogP contribution in [0, 0.1) is 0 Å². The number of hydrogen-bond acceptors (Lipinski definition) is 5. The molecular weight excluding hydrogens is 332 g/mol. The predicted molar refractivity (Wildman–Crippen MR) is 93.2 cm³/mol. The molecule has 3 heterocycles. The van der Waals surface area contributed by atoms with Gasteiger partial charge in [0, 0.05) is 25.5 Å². The fourth-order valence-electron chi connectivity index (χ4n) is 3.02. The molecule has 0 bridgehead atoms. The minimum atomic E-state index is -0.214. The molecule has 1 aromatic carbocycles. The van der Waals surface area contributed by atoms with E-state index in [1.165, 1.54) is 0 Å². The highest BCUT2D eigenvalue weighted by Gasteiger charge is 2.27. The fraction of sp³-hybridized carbons (Fsp3) is 0.333. The molecule has 4 rings (SSSR count). The Balaban J connectivity index is 1.34. The van der Waals surface area contributed by atoms with Crippen LogP contribution in [0.3, 0.4) is 0 Å². The lowest BCUT2D eigenvalue weighted by Gasteiger charge is -2.24. The number of benzene rings is 1. The number of nitrogens with zero attached hydrogens (tertiary/aromatic N) is 5. The molecule has 2 aromatic heterocycles. The molecule has 0 fully saturated rings. The predicted octanol–water partition coefficient (Wildman–Crippen LogP) is 1.57. The van der Waals surface area contributed by atoms with Crippen LogP contribution in [-0.4, -0.2) is 37.2 Å². The summed E-state index contributed by atoms with van der Waals surface area (Å²) in [4.78, 5) is 12.4. The minimum Gasteiger partial charge on any atom is -0.365 e. The summed E-state index contributed by atoms with van der Waals surface area (Å²) in [5, 5.41) is 15.2. The van der Waals surface area contributed by atoms with Gasteiger partial charge in [-0.3, -0.25) is 9.48 Å². The van der Waals surface area contributed by atoms with E-state index >= 15 is 0 Å². The molecule has 0 spiro atoms. The summed E-state index contributed by atoms with van der Waals surface area (Å²) in [6, 6.07) is 11.9. The van der Waals surface area contributed by atoms with Gasteiger partial charge in [0.1, 0.15) is 6.10 Å². The highest BCUT2D eigenvalue weighted by molar-refractivity contribution is 5.93. The van der Waals surface area contributed by atoms with Crippen LogP contribution in [0.2, 0.25) is 0 Å². The molecule has 1 amide bonds. The summed E-state index contributed by atoms with van der Waals surface area (Å²) in [6.45, 7) is 2.19. The first kappa shape index (κ1) is 16.5. The largest absolute Gasteiger partial charge is 0.365 e. The normalized spacial score (nSPS) is 16.2. The van der Waals surface area contributed by atoms with Crippen LogP contribution < -0.4 is 5.32 Å². The van der Waals surface area contributed by atoms with Crippen molar-refractivity contribution in [1.82, 2.24) is 30.1 Å². The average molecular weight is 352 g/mol. The molecule has 8 heteroatoms. The second kappa shape index (κ2) is 7.49. The lowest BCUT2D eigenvalue weighted by Crippen LogP contribution is -2.28. The maximum atomic E-state index is 12.4. The molecule has 8 nitrogen and oxygen atoms in total. The van der Waals surface area contributed by atoms with Gasteiger partial charge in [0.25, 0.3) is 5.91 Å². The fourth-order valence-corrected chi connectivity index (χ4v) is 3.02. The second-order valence-electron chi connectivity index (χ2n) is 6.16. The van der Waals surface area contributed by atoms with Crippen LogP contribution >= 0.6 is 0 Å². The highest BCUT2D eigenvalue weighted by atomic mass is 16.5. The monoisotopic (exact) mass is 352 g/mol. The Hall–Kier alpha value is -3.00. The Kier molecular flexibility index (Phi) is 4.74. The van der Waals surface area contributed by atoms with Crippen molar-refractivity contribution in [2.45, 2.75) is 32.2 Å². The van der Waals surface area contributed by atoms with Crippen molar-refractivity contribution in [3.63, 3.8) is 0 Å². The molecule has 134 valence electrons. The maximum Gasteiger partial charge on any atom is 0.273 e. The zero-order chi connectivity index (χ0) is 17.8. The van der Waals surface area contributed by atoms with Crippen molar-refractivity contribution in [3.8, 4) is 0 Å². The van der Waals surface area contributed by atoms with Crippen LogP contribution in [0.15, 0.2) is 48.8 Å². The summed E-state index contributed by atoms with van der Waals surface area (Å²) < 4.78 is 9.52. The van der Waals surface area contributed by atoms with Crippen LogP contribution in [0.4, 0.5) is 0 Å². The van der Waals surface area contributed by atoms with Gasteiger partial charge in [0.05, 0.1) is 18.8 Å². The van der Waals surface area contributed by atoms with Gasteiger partial charge in [-0.2, -0.15) is 5.10 Å². The van der Waals surface area contributed by atoms with E-state index in [2.05, 4.69) is 20.7 Å². The van der Waals surface area contributed by atoms with Crippen molar-refractivity contribution in [1.29, 1.82) is 0 Å². The molecule has 0 saturated carbocycles. The van der Waals surface area contributed by atoms with Crippen LogP contribution in [0.5, 0.6) is 0 Å². The lowest BCUT2D eigenvalue weighted by molar-refractivity contribution is -0.00176. The van der Waals surface area contributed by atoms with Crippen LogP contribution in [-0.2, 0) is 24.4 Å². The Labute approximate surface area is 150 Å². The maximum absolute atomic E-state index is 12.4. The summed E-state index contributed by atoms with van der Waals surface area (Å²) >= 11 is 0. The van der Waals surface area contributed by atoms with E-state index in [-0.39, 0.29) is 12.0 Å². The molecule has 1 aliphatic heterocycles. The molecule has 0 aliphatic carbocycles. The summed E-state index contributed by atoms with van der Waals surface area (Å²) in [5.74, 6) is -0.214. The van der Waals surface area contributed by atoms with Crippen molar-refractivity contribution in [2.24, 2.45) is 0 Å². The molecule has 0 radical (unpaired) electrons. The molecular formula is C18H20N6O2. The number of carbonyl (C=O) groups excluding carboxylic acids is 1. The van der Waals surface area contributed by atoms with E-state index in [0.29, 0.717) is 25.4 Å². The van der Waals surface area contributed by atoms with Gasteiger partial charge in [-0.25, -0.2) is 4.68 Å². The number of aromatic nitrogens is 5. The molecule has 26 heavy (non-hydrogen) atoms. The van der Waals surface area contributed by atoms with Gasteiger partial charge in [-0.05, 0) is 18.1 Å². The number of carbonyl (C=O) groups is 1. The number of rotatable bonds is 6. The molecule has 1 N–H and O–H groups in total. The SMILES string of the molecule is O=C(NCCCn1cccn1)c1nnn2c1CO[C@H](c1ccccc1)C2. The zero-order valence-electron chi connectivity index (χ0n) is 14.3. The third-order valence-electron chi connectivity index (χ3n) is 4.39. The number of amides is 1. The van der Waals surface area contributed by atoms with Crippen molar-refractivity contribution in [2.75, 3.05) is 6.54 Å². The molecule has 1 aliphatic rings. The number of fused-ring (bicyclic) bond motifs is 1. The first-order valence-electron chi connectivity index (χ1n) is 8.66. The van der Waals surface area contributed by atoms with Gasteiger partial charge in [-0.15, -0.1) is 5.10 Å². The van der Waals surface area contributed by atoms with E-state index in [9.17, 15) is 4.79 Å². The Morgan fingerprint density at radius 2 is 2.15 bits per heavy atom. The lowest BCUT2D eigenvalue weighted by atomic mass is 10.1. The number of aryl methyl sites for hydroxylation is 1. The van der Waals surface area contributed by atoms with Crippen LogP contribution in [0.1, 0.15) is 34.3 Å². The number of nitrogens with one attached hydrogen (secondary N) is 1. The third kappa shape index (κ3) is 3.50. The average Bonchev–Trinajstić information content (AvgIpc) is 3.35. The van der Waals surface area contributed by atoms with Gasteiger partial charge in [0.15, 0.2) is 5.69 Å². The van der Waals surface area contributed by atoms with Crippen LogP contribution in [0.25, 0.3) is 0 Å². The summed E-state index contributed by atoms with van der Waals surface area (Å²) in [7, 11) is 0. The van der Waals surface area contributed by atoms with Gasteiger partial charge in [0.2, 0.25) is 0 Å². The molecule has 3 aromatic rings. The van der Waals surface area contributed by atoms with Crippen molar-refractivity contribution >= 4 is 5.91 Å². The molecule has 0 unspecified atom stereocenters. The van der Waals surface area contributed by atoms with E-state index in [0.717, 1.165) is 24.2 Å². The first-order chi connectivity index (χ1) is 12.8. The third-order valence-corrected chi connectivity index (χ3v) is 4.39. The van der Waals surface area contributed by atoms with Gasteiger partial charge in [-0.1, -0.05) is 35.5 Å². The van der Waals surface area contributed by atoms with E-state index in [1.54, 1.807) is 10.9 Å². The Bertz CT molecular complexity index is 859. The Morgan fingerprint density at radius 3 is 2.96 bits per heavy atom. The molecule has 0 saturated heterocycles. The van der Waals surface area contributed by atoms with E-state index in [4.69, 9.17) is 4.74 Å². The standard InChI is InChI=1S/C18H20N6O2/c25-18(19-8-4-10-23-11-5-9-20-23)17-15-13-26-16(12-24(15)22-21-17)14-6-2-1-3-7-14/h1-3,5-7,9,11,16H,4,8,10,12-13H2,(H,19,25)/t16-/m0/s1. The summed E-state index contributed by atoms with van der Waals surface area (Å²) in [6.07, 6.45) is 4.36. The topological polar surface area (TPSA) is 86.9 Å². The van der Waals surface area contributed by atoms with Gasteiger partial charge < -0.3 is 10.1 Å². The van der Waals surface area contributed by atoms with E-state index < -0.39 is 0 Å². The second-order valence-corrected chi connectivity index (χ2v) is 6.16. The smallest absolute Gasteiger partial charge is 0.273 e. The number of ether oxygens (including phenoxy) is 1. The minimum absolute atomic E-state index is 0.0737. The van der Waals surface area contributed by atoms with Crippen molar-refractivity contribution in [3.05, 3.63) is 65.7 Å². The number of hydrogen-bond donors (Lipinski definition) is 1. The quantitative estimate of drug-likeness (QED) is 0.681. The summed E-state index contributed by atoms with van der Waals surface area (Å²) in [5.41, 5.74) is 2.16. The highest BCUT2D eigenvalue weighted by Crippen LogP contribution is 2.26. The van der Waals surface area contributed by atoms with E-state index in [1.807, 2.05) is 47.3 Å². The zero-order valence-corrected chi connectivity index (χ0v) is 14.3. The first-order valence-corrected chi connectivity index (χ1v) is 8.66. The molecule has 1 atom stereocenters. The van der Waals surface area contributed by atoms with Gasteiger partial charge >= 0.3 is 0 Å². The van der Waals surface area contributed by atoms with Crippen molar-refractivity contribution < 1.29 is 9.53 Å².